The van der Waals surface area contributed by atoms with E-state index in [0.717, 1.165) is 5.69 Å². The summed E-state index contributed by atoms with van der Waals surface area (Å²) in [7, 11) is 0. The van der Waals surface area contributed by atoms with Gasteiger partial charge in [0.15, 0.2) is 10.9 Å². The second-order valence-electron chi connectivity index (χ2n) is 3.50. The molecule has 0 aliphatic heterocycles. The Morgan fingerprint density at radius 2 is 2.05 bits per heavy atom. The molecule has 1 heterocycles. The van der Waals surface area contributed by atoms with E-state index in [-0.39, 0.29) is 10.7 Å². The maximum atomic E-state index is 11.9. The van der Waals surface area contributed by atoms with Gasteiger partial charge in [-0.2, -0.15) is 0 Å². The molecule has 0 aliphatic carbocycles. The minimum Gasteiger partial charge on any atom is -0.298 e. The topological polar surface area (TPSA) is 66.9 Å². The SMILES string of the molecule is CSc1ncc(Cl)c(C(=O)NNc2ccccc2)n1. The first-order chi connectivity index (χ1) is 9.20. The van der Waals surface area contributed by atoms with E-state index in [1.807, 2.05) is 36.6 Å². The summed E-state index contributed by atoms with van der Waals surface area (Å²) >= 11 is 7.25. The third kappa shape index (κ3) is 3.59. The van der Waals surface area contributed by atoms with E-state index in [2.05, 4.69) is 20.8 Å². The number of nitrogens with one attached hydrogen (secondary N) is 2. The summed E-state index contributed by atoms with van der Waals surface area (Å²) in [6.07, 6.45) is 3.24. The molecule has 0 fully saturated rings. The lowest BCUT2D eigenvalue weighted by Gasteiger charge is -2.09. The van der Waals surface area contributed by atoms with Gasteiger partial charge in [0.05, 0.1) is 16.9 Å². The molecule has 0 bridgehead atoms. The van der Waals surface area contributed by atoms with Crippen LogP contribution in [0.15, 0.2) is 41.7 Å². The van der Waals surface area contributed by atoms with Crippen molar-refractivity contribution in [2.24, 2.45) is 0 Å². The summed E-state index contributed by atoms with van der Waals surface area (Å²) < 4.78 is 0. The van der Waals surface area contributed by atoms with Crippen molar-refractivity contribution in [3.8, 4) is 0 Å². The van der Waals surface area contributed by atoms with E-state index in [1.165, 1.54) is 18.0 Å². The molecule has 0 saturated heterocycles. The summed E-state index contributed by atoms with van der Waals surface area (Å²) in [5.74, 6) is -0.411. The van der Waals surface area contributed by atoms with E-state index in [4.69, 9.17) is 11.6 Å². The molecule has 98 valence electrons. The molecule has 1 aromatic carbocycles. The van der Waals surface area contributed by atoms with Gasteiger partial charge in [0, 0.05) is 0 Å². The molecule has 0 saturated carbocycles. The van der Waals surface area contributed by atoms with E-state index in [9.17, 15) is 4.79 Å². The quantitative estimate of drug-likeness (QED) is 0.515. The van der Waals surface area contributed by atoms with Gasteiger partial charge in [-0.05, 0) is 18.4 Å². The molecule has 5 nitrogen and oxygen atoms in total. The predicted octanol–water partition coefficient (Wildman–Crippen LogP) is 2.61. The lowest BCUT2D eigenvalue weighted by molar-refractivity contribution is 0.0957. The van der Waals surface area contributed by atoms with Crippen molar-refractivity contribution in [2.75, 3.05) is 11.7 Å². The lowest BCUT2D eigenvalue weighted by atomic mass is 10.3. The van der Waals surface area contributed by atoms with Crippen LogP contribution in [0.4, 0.5) is 5.69 Å². The average Bonchev–Trinajstić information content (AvgIpc) is 2.46. The Kier molecular flexibility index (Phi) is 4.59. The molecule has 1 amide bonds. The molecule has 0 aliphatic rings. The Morgan fingerprint density at radius 3 is 2.74 bits per heavy atom. The average molecular weight is 295 g/mol. The third-order valence-corrected chi connectivity index (χ3v) is 3.05. The van der Waals surface area contributed by atoms with Crippen molar-refractivity contribution >= 4 is 35.0 Å². The summed E-state index contributed by atoms with van der Waals surface area (Å²) in [4.78, 5) is 20.0. The fraction of sp³-hybridized carbons (Fsp3) is 0.0833. The van der Waals surface area contributed by atoms with Gasteiger partial charge < -0.3 is 0 Å². The number of rotatable bonds is 4. The number of hydrazine groups is 1. The number of para-hydroxylation sites is 1. The highest BCUT2D eigenvalue weighted by Gasteiger charge is 2.13. The van der Waals surface area contributed by atoms with Crippen molar-refractivity contribution in [3.63, 3.8) is 0 Å². The second-order valence-corrected chi connectivity index (χ2v) is 4.68. The first kappa shape index (κ1) is 13.6. The standard InChI is InChI=1S/C12H11ClN4OS/c1-19-12-14-7-9(13)10(15-12)11(18)17-16-8-5-3-2-4-6-8/h2-7,16H,1H3,(H,17,18). The Bertz CT molecular complexity index is 579. The van der Waals surface area contributed by atoms with Crippen molar-refractivity contribution < 1.29 is 4.79 Å². The normalized spacial score (nSPS) is 10.0. The third-order valence-electron chi connectivity index (χ3n) is 2.21. The number of amides is 1. The zero-order valence-electron chi connectivity index (χ0n) is 10.1. The smallest absolute Gasteiger partial charge is 0.289 e. The van der Waals surface area contributed by atoms with Crippen LogP contribution in [-0.2, 0) is 0 Å². The summed E-state index contributed by atoms with van der Waals surface area (Å²) in [6.45, 7) is 0. The number of carbonyl (C=O) groups excluding carboxylic acids is 1. The van der Waals surface area contributed by atoms with E-state index in [0.29, 0.717) is 5.16 Å². The highest BCUT2D eigenvalue weighted by Crippen LogP contribution is 2.16. The molecule has 2 aromatic rings. The summed E-state index contributed by atoms with van der Waals surface area (Å²) in [6, 6.07) is 9.26. The van der Waals surface area contributed by atoms with Crippen LogP contribution in [0.25, 0.3) is 0 Å². The van der Waals surface area contributed by atoms with Crippen molar-refractivity contribution in [1.29, 1.82) is 0 Å². The number of aromatic nitrogens is 2. The number of anilines is 1. The number of thioether (sulfide) groups is 1. The zero-order chi connectivity index (χ0) is 13.7. The van der Waals surface area contributed by atoms with Crippen LogP contribution in [0.2, 0.25) is 5.02 Å². The van der Waals surface area contributed by atoms with Gasteiger partial charge in [0.1, 0.15) is 0 Å². The monoisotopic (exact) mass is 294 g/mol. The predicted molar refractivity (Wildman–Crippen MR) is 76.4 cm³/mol. The minimum absolute atomic E-state index is 0.143. The van der Waals surface area contributed by atoms with Crippen molar-refractivity contribution in [3.05, 3.63) is 47.2 Å². The van der Waals surface area contributed by atoms with Gasteiger partial charge in [0.2, 0.25) is 0 Å². The van der Waals surface area contributed by atoms with Crippen LogP contribution in [0.3, 0.4) is 0 Å². The molecule has 1 aromatic heterocycles. The number of benzene rings is 1. The lowest BCUT2D eigenvalue weighted by Crippen LogP contribution is -2.30. The van der Waals surface area contributed by atoms with Crippen LogP contribution < -0.4 is 10.9 Å². The molecule has 2 rings (SSSR count). The summed E-state index contributed by atoms with van der Waals surface area (Å²) in [5.41, 5.74) is 6.23. The Labute approximate surface area is 119 Å². The maximum Gasteiger partial charge on any atom is 0.289 e. The van der Waals surface area contributed by atoms with Crippen LogP contribution in [-0.4, -0.2) is 22.1 Å². The van der Waals surface area contributed by atoms with E-state index < -0.39 is 5.91 Å². The zero-order valence-corrected chi connectivity index (χ0v) is 11.6. The largest absolute Gasteiger partial charge is 0.298 e. The van der Waals surface area contributed by atoms with Crippen LogP contribution in [0.1, 0.15) is 10.5 Å². The number of halogens is 1. The maximum absolute atomic E-state index is 11.9. The van der Waals surface area contributed by atoms with Gasteiger partial charge in [-0.3, -0.25) is 15.6 Å². The number of carbonyl (C=O) groups is 1. The molecular weight excluding hydrogens is 284 g/mol. The number of hydrogen-bond donors (Lipinski definition) is 2. The van der Waals surface area contributed by atoms with Gasteiger partial charge in [-0.1, -0.05) is 41.6 Å². The van der Waals surface area contributed by atoms with Crippen molar-refractivity contribution in [2.45, 2.75) is 5.16 Å². The van der Waals surface area contributed by atoms with Gasteiger partial charge >= 0.3 is 0 Å². The molecule has 2 N–H and O–H groups in total. The van der Waals surface area contributed by atoms with E-state index in [1.54, 1.807) is 0 Å². The van der Waals surface area contributed by atoms with Crippen LogP contribution >= 0.6 is 23.4 Å². The number of nitrogens with zero attached hydrogens (tertiary/aromatic N) is 2. The van der Waals surface area contributed by atoms with Crippen molar-refractivity contribution in [1.82, 2.24) is 15.4 Å². The summed E-state index contributed by atoms with van der Waals surface area (Å²) in [5, 5.41) is 0.708. The van der Waals surface area contributed by atoms with Gasteiger partial charge in [0.25, 0.3) is 5.91 Å². The molecule has 19 heavy (non-hydrogen) atoms. The minimum atomic E-state index is -0.411. The number of hydrogen-bond acceptors (Lipinski definition) is 5. The van der Waals surface area contributed by atoms with Gasteiger partial charge in [-0.15, -0.1) is 0 Å². The fourth-order valence-electron chi connectivity index (χ4n) is 1.32. The first-order valence-corrected chi connectivity index (χ1v) is 6.99. The Balaban J connectivity index is 2.08. The molecular formula is C12H11ClN4OS. The van der Waals surface area contributed by atoms with E-state index >= 15 is 0 Å². The Hall–Kier alpha value is -1.79. The molecule has 0 unspecified atom stereocenters. The van der Waals surface area contributed by atoms with Gasteiger partial charge in [-0.25, -0.2) is 9.97 Å². The fourth-order valence-corrected chi connectivity index (χ4v) is 1.84. The highest BCUT2D eigenvalue weighted by molar-refractivity contribution is 7.98. The molecule has 0 radical (unpaired) electrons. The highest BCUT2D eigenvalue weighted by atomic mass is 35.5. The Morgan fingerprint density at radius 1 is 1.32 bits per heavy atom. The second kappa shape index (κ2) is 6.40. The molecule has 0 spiro atoms. The van der Waals surface area contributed by atoms with Crippen LogP contribution in [0.5, 0.6) is 0 Å². The first-order valence-electron chi connectivity index (χ1n) is 5.38. The molecule has 0 atom stereocenters. The van der Waals surface area contributed by atoms with Crippen LogP contribution in [0, 0.1) is 0 Å². The molecule has 7 heteroatoms.